The molecule has 32 heavy (non-hydrogen) atoms. The van der Waals surface area contributed by atoms with Gasteiger partial charge in [0.1, 0.15) is 12.0 Å². The zero-order valence-corrected chi connectivity index (χ0v) is 19.7. The normalized spacial score (nSPS) is 39.8. The van der Waals surface area contributed by atoms with Gasteiger partial charge < -0.3 is 19.8 Å². The SMILES string of the molecule is [B]C(O)(O)CNC1CC(C)NC(NC2CC3CCCOC3C(C3=CCN(C)CCC3)C2)N1. The van der Waals surface area contributed by atoms with Crippen molar-refractivity contribution in [2.75, 3.05) is 33.3 Å². The standard InChI is InChI=1S/C23H42BN5O3/c1-15-11-20(25-14-23(24,30)31)28-22(26-15)27-18-12-17-6-4-10-32-21(17)19(13-18)16-5-3-8-29(2)9-7-16/h7,15,17-22,25-28,30-31H,3-6,8-14H2,1-2H3. The third-order valence-electron chi connectivity index (χ3n) is 7.58. The molecular weight excluding hydrogens is 405 g/mol. The first-order valence-electron chi connectivity index (χ1n) is 12.5. The Hall–Kier alpha value is -0.515. The van der Waals surface area contributed by atoms with Crippen LogP contribution in [0.15, 0.2) is 11.6 Å². The summed E-state index contributed by atoms with van der Waals surface area (Å²) in [5.74, 6) is 1.10. The largest absolute Gasteiger partial charge is 0.377 e. The summed E-state index contributed by atoms with van der Waals surface area (Å²) in [5.41, 5.74) is -0.605. The number of hydrogen-bond acceptors (Lipinski definition) is 8. The van der Waals surface area contributed by atoms with Crippen LogP contribution in [0.25, 0.3) is 0 Å². The van der Waals surface area contributed by atoms with Crippen LogP contribution in [0.2, 0.25) is 0 Å². The molecule has 6 N–H and O–H groups in total. The van der Waals surface area contributed by atoms with Gasteiger partial charge in [0.25, 0.3) is 0 Å². The fourth-order valence-electron chi connectivity index (χ4n) is 6.09. The summed E-state index contributed by atoms with van der Waals surface area (Å²) in [7, 11) is 7.52. The monoisotopic (exact) mass is 447 g/mol. The second-order valence-electron chi connectivity index (χ2n) is 10.5. The molecule has 1 saturated carbocycles. The van der Waals surface area contributed by atoms with Gasteiger partial charge in [0.05, 0.1) is 12.3 Å². The van der Waals surface area contributed by atoms with Crippen molar-refractivity contribution >= 4 is 7.85 Å². The molecule has 9 heteroatoms. The van der Waals surface area contributed by atoms with Gasteiger partial charge in [0.15, 0.2) is 7.85 Å². The molecule has 0 spiro atoms. The fraction of sp³-hybridized carbons (Fsp3) is 0.913. The Morgan fingerprint density at radius 2 is 2.09 bits per heavy atom. The van der Waals surface area contributed by atoms with Crippen molar-refractivity contribution < 1.29 is 14.9 Å². The Labute approximate surface area is 194 Å². The van der Waals surface area contributed by atoms with E-state index in [1.807, 2.05) is 0 Å². The van der Waals surface area contributed by atoms with Crippen molar-refractivity contribution in [2.45, 2.75) is 88.2 Å². The lowest BCUT2D eigenvalue weighted by molar-refractivity contribution is -0.0857. The average molecular weight is 447 g/mol. The lowest BCUT2D eigenvalue weighted by atomic mass is 9.70. The van der Waals surface area contributed by atoms with Crippen LogP contribution in [0, 0.1) is 11.8 Å². The molecule has 2 saturated heterocycles. The van der Waals surface area contributed by atoms with Gasteiger partial charge in [-0.1, -0.05) is 11.6 Å². The molecule has 2 radical (unpaired) electrons. The number of likely N-dealkylation sites (N-methyl/N-ethyl adjacent to an activating group) is 1. The number of ether oxygens (including phenoxy) is 1. The molecule has 4 aliphatic rings. The van der Waals surface area contributed by atoms with Crippen molar-refractivity contribution in [2.24, 2.45) is 11.8 Å². The molecular formula is C23H42BN5O3. The minimum Gasteiger partial charge on any atom is -0.377 e. The summed E-state index contributed by atoms with van der Waals surface area (Å²) in [4.78, 5) is 2.41. The Kier molecular flexibility index (Phi) is 8.32. The number of rotatable bonds is 6. The third-order valence-corrected chi connectivity index (χ3v) is 7.58. The van der Waals surface area contributed by atoms with E-state index in [1.165, 1.54) is 19.3 Å². The van der Waals surface area contributed by atoms with Crippen LogP contribution in [-0.2, 0) is 4.74 Å². The molecule has 4 rings (SSSR count). The Balaban J connectivity index is 1.40. The summed E-state index contributed by atoms with van der Waals surface area (Å²) in [6, 6.07) is 0.700. The van der Waals surface area contributed by atoms with E-state index < -0.39 is 5.69 Å². The number of nitrogens with zero attached hydrogens (tertiary/aromatic N) is 1. The molecule has 0 aromatic rings. The highest BCUT2D eigenvalue weighted by atomic mass is 16.5. The number of nitrogens with one attached hydrogen (secondary N) is 4. The van der Waals surface area contributed by atoms with Crippen LogP contribution < -0.4 is 21.3 Å². The lowest BCUT2D eigenvalue weighted by Crippen LogP contribution is -2.69. The zero-order chi connectivity index (χ0) is 22.7. The Bertz CT molecular complexity index is 646. The summed E-state index contributed by atoms with van der Waals surface area (Å²) in [5, 5.41) is 32.9. The van der Waals surface area contributed by atoms with E-state index in [1.54, 1.807) is 5.57 Å². The molecule has 0 amide bonds. The number of aliphatic hydroxyl groups is 2. The number of fused-ring (bicyclic) bond motifs is 1. The van der Waals surface area contributed by atoms with Crippen molar-refractivity contribution in [3.63, 3.8) is 0 Å². The molecule has 0 aromatic carbocycles. The maximum Gasteiger partial charge on any atom is 0.155 e. The predicted octanol–water partition coefficient (Wildman–Crippen LogP) is -0.221. The van der Waals surface area contributed by atoms with Gasteiger partial charge in [0, 0.05) is 37.7 Å². The Morgan fingerprint density at radius 1 is 1.25 bits per heavy atom. The topological polar surface area (TPSA) is 101 Å². The molecule has 8 nitrogen and oxygen atoms in total. The molecule has 7 atom stereocenters. The Morgan fingerprint density at radius 3 is 2.91 bits per heavy atom. The van der Waals surface area contributed by atoms with Gasteiger partial charge in [-0.25, -0.2) is 0 Å². The van der Waals surface area contributed by atoms with Crippen molar-refractivity contribution in [3.8, 4) is 0 Å². The van der Waals surface area contributed by atoms with E-state index in [9.17, 15) is 10.2 Å². The van der Waals surface area contributed by atoms with Gasteiger partial charge in [0.2, 0.25) is 0 Å². The van der Waals surface area contributed by atoms with Crippen LogP contribution in [0.1, 0.15) is 51.9 Å². The first-order chi connectivity index (χ1) is 15.3. The molecule has 1 aliphatic carbocycles. The van der Waals surface area contributed by atoms with Gasteiger partial charge in [-0.15, -0.1) is 0 Å². The first kappa shape index (κ1) is 24.6. The first-order valence-corrected chi connectivity index (χ1v) is 12.5. The molecule has 3 heterocycles. The second kappa shape index (κ2) is 10.8. The van der Waals surface area contributed by atoms with E-state index in [2.05, 4.69) is 46.2 Å². The molecule has 0 bridgehead atoms. The summed E-state index contributed by atoms with van der Waals surface area (Å²) in [6.07, 6.45) is 10.6. The second-order valence-corrected chi connectivity index (χ2v) is 10.5. The smallest absolute Gasteiger partial charge is 0.155 e. The van der Waals surface area contributed by atoms with Crippen LogP contribution in [0.3, 0.4) is 0 Å². The van der Waals surface area contributed by atoms with Crippen molar-refractivity contribution in [1.82, 2.24) is 26.2 Å². The highest BCUT2D eigenvalue weighted by Crippen LogP contribution is 2.42. The van der Waals surface area contributed by atoms with E-state index >= 15 is 0 Å². The van der Waals surface area contributed by atoms with Crippen LogP contribution in [0.4, 0.5) is 0 Å². The zero-order valence-electron chi connectivity index (χ0n) is 19.7. The lowest BCUT2D eigenvalue weighted by Gasteiger charge is -2.47. The highest BCUT2D eigenvalue weighted by molar-refractivity contribution is 6.13. The predicted molar refractivity (Wildman–Crippen MR) is 126 cm³/mol. The third kappa shape index (κ3) is 6.76. The van der Waals surface area contributed by atoms with Crippen LogP contribution in [0.5, 0.6) is 0 Å². The minimum absolute atomic E-state index is 0.0400. The van der Waals surface area contributed by atoms with E-state index in [0.717, 1.165) is 45.4 Å². The highest BCUT2D eigenvalue weighted by Gasteiger charge is 2.42. The van der Waals surface area contributed by atoms with Crippen LogP contribution >= 0.6 is 0 Å². The van der Waals surface area contributed by atoms with Gasteiger partial charge >= 0.3 is 0 Å². The molecule has 3 fully saturated rings. The van der Waals surface area contributed by atoms with E-state index in [-0.39, 0.29) is 19.0 Å². The van der Waals surface area contributed by atoms with Crippen LogP contribution in [-0.4, -0.2) is 92.6 Å². The summed E-state index contributed by atoms with van der Waals surface area (Å²) in [6.45, 7) is 5.17. The molecule has 7 unspecified atom stereocenters. The molecule has 0 aromatic heterocycles. The summed E-state index contributed by atoms with van der Waals surface area (Å²) < 4.78 is 6.37. The van der Waals surface area contributed by atoms with Gasteiger partial charge in [-0.2, -0.15) is 0 Å². The maximum atomic E-state index is 9.43. The number of hydrogen-bond donors (Lipinski definition) is 6. The quantitative estimate of drug-likeness (QED) is 0.189. The van der Waals surface area contributed by atoms with Crippen molar-refractivity contribution in [1.29, 1.82) is 0 Å². The molecule has 180 valence electrons. The van der Waals surface area contributed by atoms with Gasteiger partial charge in [-0.3, -0.25) is 21.3 Å². The van der Waals surface area contributed by atoms with E-state index in [0.29, 0.717) is 30.0 Å². The fourth-order valence-corrected chi connectivity index (χ4v) is 6.09. The maximum absolute atomic E-state index is 9.43. The average Bonchev–Trinajstić information content (AvgIpc) is 2.95. The van der Waals surface area contributed by atoms with Crippen molar-refractivity contribution in [3.05, 3.63) is 11.6 Å². The summed E-state index contributed by atoms with van der Waals surface area (Å²) >= 11 is 0. The van der Waals surface area contributed by atoms with E-state index in [4.69, 9.17) is 12.6 Å². The van der Waals surface area contributed by atoms with Gasteiger partial charge in [-0.05, 0) is 71.4 Å². The molecule has 3 aliphatic heterocycles. The minimum atomic E-state index is -2.20.